The van der Waals surface area contributed by atoms with Crippen LogP contribution in [0.2, 0.25) is 0 Å². The van der Waals surface area contributed by atoms with Crippen molar-refractivity contribution in [3.63, 3.8) is 0 Å². The van der Waals surface area contributed by atoms with Gasteiger partial charge in [-0.3, -0.25) is 9.69 Å². The lowest BCUT2D eigenvalue weighted by Gasteiger charge is -2.44. The van der Waals surface area contributed by atoms with Gasteiger partial charge < -0.3 is 14.4 Å². The van der Waals surface area contributed by atoms with Crippen LogP contribution in [0.25, 0.3) is 0 Å². The Hall–Kier alpha value is -1.73. The van der Waals surface area contributed by atoms with E-state index >= 15 is 0 Å². The van der Waals surface area contributed by atoms with E-state index in [-0.39, 0.29) is 11.2 Å². The zero-order chi connectivity index (χ0) is 19.6. The van der Waals surface area contributed by atoms with Crippen LogP contribution in [0.4, 0.5) is 8.78 Å². The maximum atomic E-state index is 13.4. The third-order valence-electron chi connectivity index (χ3n) is 6.39. The van der Waals surface area contributed by atoms with Crippen LogP contribution in [0.1, 0.15) is 37.7 Å². The first-order valence-electron chi connectivity index (χ1n) is 10.2. The van der Waals surface area contributed by atoms with Crippen molar-refractivity contribution in [1.29, 1.82) is 0 Å². The molecule has 5 nitrogen and oxygen atoms in total. The highest BCUT2D eigenvalue weighted by molar-refractivity contribution is 5.84. The average molecular weight is 394 g/mol. The Kier molecular flexibility index (Phi) is 5.83. The van der Waals surface area contributed by atoms with Gasteiger partial charge in [0.1, 0.15) is 5.75 Å². The molecule has 0 unspecified atom stereocenters. The van der Waals surface area contributed by atoms with Crippen LogP contribution in [-0.2, 0) is 16.1 Å². The predicted molar refractivity (Wildman–Crippen MR) is 100 cm³/mol. The van der Waals surface area contributed by atoms with E-state index in [0.717, 1.165) is 77.1 Å². The van der Waals surface area contributed by atoms with Crippen LogP contribution in [0, 0.1) is 5.41 Å². The number of hydrogen-bond donors (Lipinski definition) is 0. The fourth-order valence-electron chi connectivity index (χ4n) is 4.95. The number of likely N-dealkylation sites (tertiary alicyclic amines) is 2. The number of nitrogens with zero attached hydrogens (tertiary/aromatic N) is 2. The van der Waals surface area contributed by atoms with Gasteiger partial charge in [-0.25, -0.2) is 0 Å². The summed E-state index contributed by atoms with van der Waals surface area (Å²) in [7, 11) is 0. The minimum absolute atomic E-state index is 0.172. The SMILES string of the molecule is O=C1N(C2CCOCC2)CCC[C@@]12CCN(Cc1ccc(OC(F)F)cc1)C2. The molecule has 154 valence electrons. The van der Waals surface area contributed by atoms with E-state index in [1.165, 1.54) is 0 Å². The standard InChI is InChI=1S/C21H28F2N2O3/c22-20(23)28-18-4-2-16(3-5-18)14-24-11-9-21(15-24)8-1-10-25(19(21)26)17-6-12-27-13-7-17/h2-5,17,20H,1,6-15H2/t21-/m0/s1. The number of halogens is 2. The summed E-state index contributed by atoms with van der Waals surface area (Å²) >= 11 is 0. The van der Waals surface area contributed by atoms with E-state index in [0.29, 0.717) is 11.9 Å². The van der Waals surface area contributed by atoms with Crippen molar-refractivity contribution in [2.75, 3.05) is 32.8 Å². The quantitative estimate of drug-likeness (QED) is 0.769. The van der Waals surface area contributed by atoms with Gasteiger partial charge in [0.05, 0.1) is 5.41 Å². The Morgan fingerprint density at radius 3 is 2.61 bits per heavy atom. The molecular formula is C21H28F2N2O3. The van der Waals surface area contributed by atoms with E-state index in [1.54, 1.807) is 12.1 Å². The van der Waals surface area contributed by atoms with Gasteiger partial charge in [-0.2, -0.15) is 8.78 Å². The maximum absolute atomic E-state index is 13.4. The highest BCUT2D eigenvalue weighted by Crippen LogP contribution is 2.41. The van der Waals surface area contributed by atoms with Gasteiger partial charge in [0.2, 0.25) is 5.91 Å². The summed E-state index contributed by atoms with van der Waals surface area (Å²) in [5, 5.41) is 0. The van der Waals surface area contributed by atoms with Crippen LogP contribution in [0.3, 0.4) is 0 Å². The Labute approximate surface area is 164 Å². The number of piperidine rings is 1. The molecule has 3 heterocycles. The topological polar surface area (TPSA) is 42.0 Å². The van der Waals surface area contributed by atoms with Crippen molar-refractivity contribution in [2.45, 2.75) is 51.3 Å². The number of carbonyl (C=O) groups excluding carboxylic acids is 1. The summed E-state index contributed by atoms with van der Waals surface area (Å²) in [6.07, 6.45) is 4.81. The summed E-state index contributed by atoms with van der Waals surface area (Å²) in [4.78, 5) is 17.8. The highest BCUT2D eigenvalue weighted by atomic mass is 19.3. The van der Waals surface area contributed by atoms with E-state index in [1.807, 2.05) is 12.1 Å². The molecule has 1 spiro atoms. The molecule has 0 aromatic heterocycles. The van der Waals surface area contributed by atoms with Crippen molar-refractivity contribution < 1.29 is 23.0 Å². The smallest absolute Gasteiger partial charge is 0.387 e. The van der Waals surface area contributed by atoms with Gasteiger partial charge in [0.25, 0.3) is 0 Å². The van der Waals surface area contributed by atoms with Crippen LogP contribution in [0.5, 0.6) is 5.75 Å². The summed E-state index contributed by atoms with van der Waals surface area (Å²) in [6.45, 7) is 1.96. The lowest BCUT2D eigenvalue weighted by molar-refractivity contribution is -0.150. The maximum Gasteiger partial charge on any atom is 0.387 e. The Balaban J connectivity index is 1.37. The first kappa shape index (κ1) is 19.6. The average Bonchev–Trinajstić information content (AvgIpc) is 3.09. The molecule has 1 atom stereocenters. The Morgan fingerprint density at radius 2 is 1.89 bits per heavy atom. The summed E-state index contributed by atoms with van der Waals surface area (Å²) in [6, 6.07) is 7.12. The molecule has 0 N–H and O–H groups in total. The molecule has 1 aromatic rings. The normalized spacial score (nSPS) is 27.1. The third-order valence-corrected chi connectivity index (χ3v) is 6.39. The molecule has 3 aliphatic heterocycles. The first-order valence-corrected chi connectivity index (χ1v) is 10.2. The van der Waals surface area contributed by atoms with Crippen molar-refractivity contribution in [1.82, 2.24) is 9.80 Å². The summed E-state index contributed by atoms with van der Waals surface area (Å²) in [5.41, 5.74) is 0.790. The first-order chi connectivity index (χ1) is 13.6. The summed E-state index contributed by atoms with van der Waals surface area (Å²) < 4.78 is 34.4. The number of rotatable bonds is 5. The van der Waals surface area contributed by atoms with E-state index in [2.05, 4.69) is 14.5 Å². The van der Waals surface area contributed by atoms with E-state index in [9.17, 15) is 13.6 Å². The lowest BCUT2D eigenvalue weighted by atomic mass is 9.77. The highest BCUT2D eigenvalue weighted by Gasteiger charge is 2.49. The van der Waals surface area contributed by atoms with E-state index in [4.69, 9.17) is 4.74 Å². The molecule has 3 aliphatic rings. The second-order valence-corrected chi connectivity index (χ2v) is 8.21. The van der Waals surface area contributed by atoms with Crippen LogP contribution >= 0.6 is 0 Å². The largest absolute Gasteiger partial charge is 0.435 e. The minimum Gasteiger partial charge on any atom is -0.435 e. The fraction of sp³-hybridized carbons (Fsp3) is 0.667. The van der Waals surface area contributed by atoms with Gasteiger partial charge in [-0.1, -0.05) is 12.1 Å². The lowest BCUT2D eigenvalue weighted by Crippen LogP contribution is -2.54. The second-order valence-electron chi connectivity index (χ2n) is 8.21. The van der Waals surface area contributed by atoms with Gasteiger partial charge in [-0.05, 0) is 56.3 Å². The molecule has 0 aliphatic carbocycles. The van der Waals surface area contributed by atoms with Crippen LogP contribution < -0.4 is 4.74 Å². The Morgan fingerprint density at radius 1 is 1.14 bits per heavy atom. The van der Waals surface area contributed by atoms with Crippen LogP contribution in [0.15, 0.2) is 24.3 Å². The molecule has 1 aromatic carbocycles. The van der Waals surface area contributed by atoms with Gasteiger partial charge in [0.15, 0.2) is 0 Å². The summed E-state index contributed by atoms with van der Waals surface area (Å²) in [5.74, 6) is 0.500. The molecule has 1 amide bonds. The molecular weight excluding hydrogens is 366 g/mol. The zero-order valence-corrected chi connectivity index (χ0v) is 16.1. The molecule has 3 fully saturated rings. The number of ether oxygens (including phenoxy) is 2. The number of hydrogen-bond acceptors (Lipinski definition) is 4. The number of alkyl halides is 2. The monoisotopic (exact) mass is 394 g/mol. The van der Waals surface area contributed by atoms with Gasteiger partial charge >= 0.3 is 6.61 Å². The molecule has 4 rings (SSSR count). The van der Waals surface area contributed by atoms with Crippen molar-refractivity contribution in [3.8, 4) is 5.75 Å². The molecule has 28 heavy (non-hydrogen) atoms. The number of benzene rings is 1. The minimum atomic E-state index is -2.81. The van der Waals surface area contributed by atoms with E-state index < -0.39 is 6.61 Å². The van der Waals surface area contributed by atoms with Gasteiger partial charge in [0, 0.05) is 38.9 Å². The molecule has 7 heteroatoms. The second kappa shape index (κ2) is 8.33. The third kappa shape index (κ3) is 4.15. The van der Waals surface area contributed by atoms with Crippen molar-refractivity contribution in [3.05, 3.63) is 29.8 Å². The zero-order valence-electron chi connectivity index (χ0n) is 16.1. The number of carbonyl (C=O) groups is 1. The van der Waals surface area contributed by atoms with Crippen molar-refractivity contribution >= 4 is 5.91 Å². The molecule has 0 radical (unpaired) electrons. The van der Waals surface area contributed by atoms with Crippen LogP contribution in [-0.4, -0.2) is 61.2 Å². The molecule has 0 saturated carbocycles. The molecule has 0 bridgehead atoms. The Bertz CT molecular complexity index is 679. The predicted octanol–water partition coefficient (Wildman–Crippen LogP) is 3.28. The fourth-order valence-corrected chi connectivity index (χ4v) is 4.95. The number of amides is 1. The van der Waals surface area contributed by atoms with Gasteiger partial charge in [-0.15, -0.1) is 0 Å². The van der Waals surface area contributed by atoms with Crippen molar-refractivity contribution in [2.24, 2.45) is 5.41 Å². The molecule has 3 saturated heterocycles.